The highest BCUT2D eigenvalue weighted by molar-refractivity contribution is 5.95. The monoisotopic (exact) mass is 527 g/mol. The third-order valence-corrected chi connectivity index (χ3v) is 5.77. The van der Waals surface area contributed by atoms with Crippen molar-refractivity contribution >= 4 is 17.8 Å². The molecule has 0 spiro atoms. The van der Waals surface area contributed by atoms with Crippen molar-refractivity contribution in [2.45, 2.75) is 33.1 Å². The number of ether oxygens (including phenoxy) is 1. The Labute approximate surface area is 228 Å². The largest absolute Gasteiger partial charge is 0.480 e. The lowest BCUT2D eigenvalue weighted by Gasteiger charge is -2.18. The third kappa shape index (κ3) is 8.67. The lowest BCUT2D eigenvalue weighted by molar-refractivity contribution is -0.135. The summed E-state index contributed by atoms with van der Waals surface area (Å²) in [5.74, 6) is -1.24. The molecule has 8 nitrogen and oxygen atoms in total. The molecule has 0 fully saturated rings. The number of rotatable bonds is 6. The molecule has 0 aliphatic carbocycles. The Bertz CT molecular complexity index is 1420. The van der Waals surface area contributed by atoms with Gasteiger partial charge in [0, 0.05) is 24.4 Å². The van der Waals surface area contributed by atoms with Crippen molar-refractivity contribution in [1.82, 2.24) is 15.1 Å². The number of esters is 1. The fourth-order valence-corrected chi connectivity index (χ4v) is 3.50. The van der Waals surface area contributed by atoms with Crippen molar-refractivity contribution in [3.63, 3.8) is 0 Å². The van der Waals surface area contributed by atoms with Crippen LogP contribution in [0.15, 0.2) is 85.1 Å². The van der Waals surface area contributed by atoms with E-state index in [9.17, 15) is 14.4 Å². The first kappa shape index (κ1) is 28.8. The molecule has 0 unspecified atom stereocenters. The van der Waals surface area contributed by atoms with Gasteiger partial charge in [-0.25, -0.2) is 4.79 Å². The number of aromatic nitrogens is 2. The molecule has 1 heterocycles. The van der Waals surface area contributed by atoms with Crippen molar-refractivity contribution in [3.05, 3.63) is 107 Å². The molecular formula is C31H33N3O5. The van der Waals surface area contributed by atoms with Crippen molar-refractivity contribution in [2.24, 2.45) is 7.05 Å². The lowest BCUT2D eigenvalue weighted by Crippen LogP contribution is -2.29. The molecule has 0 saturated heterocycles. The standard InChI is InChI=1S/C18H16N2O2.C13H17NO3/c1-13-3-9-16(10-4-13)22-18(21)15-7-5-14(6-8-15)17-11-12-20(2)19-17;1-13(2,3)10-6-4-9(5-7-10)12(17)14-8-11(15)16/h3-12H,1-2H3;4-7H,8H2,1-3H3,(H,14,17)(H,15,16). The zero-order valence-corrected chi connectivity index (χ0v) is 22.8. The quantitative estimate of drug-likeness (QED) is 0.256. The first-order valence-electron chi connectivity index (χ1n) is 12.4. The fourth-order valence-electron chi connectivity index (χ4n) is 3.50. The molecule has 4 aromatic rings. The van der Waals surface area contributed by atoms with Crippen LogP contribution in [0.25, 0.3) is 11.3 Å². The molecule has 0 aliphatic rings. The van der Waals surface area contributed by atoms with Gasteiger partial charge in [-0.3, -0.25) is 14.3 Å². The zero-order valence-electron chi connectivity index (χ0n) is 22.8. The number of benzene rings is 3. The Balaban J connectivity index is 0.000000224. The van der Waals surface area contributed by atoms with Gasteiger partial charge in [-0.15, -0.1) is 0 Å². The molecule has 1 amide bonds. The fraction of sp³-hybridized carbons (Fsp3) is 0.226. The van der Waals surface area contributed by atoms with E-state index in [2.05, 4.69) is 31.2 Å². The van der Waals surface area contributed by atoms with Gasteiger partial charge in [0.15, 0.2) is 0 Å². The number of carbonyl (C=O) groups is 3. The van der Waals surface area contributed by atoms with Gasteiger partial charge in [0.2, 0.25) is 0 Å². The average molecular weight is 528 g/mol. The van der Waals surface area contributed by atoms with E-state index in [1.807, 2.05) is 62.6 Å². The Morgan fingerprint density at radius 1 is 0.872 bits per heavy atom. The van der Waals surface area contributed by atoms with E-state index in [0.29, 0.717) is 16.9 Å². The van der Waals surface area contributed by atoms with E-state index < -0.39 is 5.97 Å². The van der Waals surface area contributed by atoms with Crippen LogP contribution >= 0.6 is 0 Å². The minimum absolute atomic E-state index is 0.0378. The summed E-state index contributed by atoms with van der Waals surface area (Å²) in [6.45, 7) is 7.90. The zero-order chi connectivity index (χ0) is 28.6. The van der Waals surface area contributed by atoms with Gasteiger partial charge in [0.1, 0.15) is 12.3 Å². The number of carbonyl (C=O) groups excluding carboxylic acids is 2. The predicted molar refractivity (Wildman–Crippen MR) is 150 cm³/mol. The van der Waals surface area contributed by atoms with Crippen LogP contribution in [-0.4, -0.2) is 39.3 Å². The van der Waals surface area contributed by atoms with Gasteiger partial charge >= 0.3 is 11.9 Å². The predicted octanol–water partition coefficient (Wildman–Crippen LogP) is 5.41. The van der Waals surface area contributed by atoms with Crippen molar-refractivity contribution in [3.8, 4) is 17.0 Å². The topological polar surface area (TPSA) is 111 Å². The molecule has 0 saturated carbocycles. The molecule has 39 heavy (non-hydrogen) atoms. The Morgan fingerprint density at radius 2 is 1.46 bits per heavy atom. The second-order valence-corrected chi connectivity index (χ2v) is 10.1. The molecule has 202 valence electrons. The molecule has 0 bridgehead atoms. The maximum atomic E-state index is 12.1. The Kier molecular flexibility index (Phi) is 9.38. The third-order valence-electron chi connectivity index (χ3n) is 5.77. The summed E-state index contributed by atoms with van der Waals surface area (Å²) in [5, 5.41) is 15.1. The van der Waals surface area contributed by atoms with E-state index in [1.165, 1.54) is 0 Å². The van der Waals surface area contributed by atoms with Crippen molar-refractivity contribution in [1.29, 1.82) is 0 Å². The highest BCUT2D eigenvalue weighted by Crippen LogP contribution is 2.22. The molecule has 4 rings (SSSR count). The molecule has 0 atom stereocenters. The average Bonchev–Trinajstić information content (AvgIpc) is 3.35. The highest BCUT2D eigenvalue weighted by Gasteiger charge is 2.14. The van der Waals surface area contributed by atoms with E-state index in [0.717, 1.165) is 22.4 Å². The van der Waals surface area contributed by atoms with Crippen LogP contribution in [-0.2, 0) is 17.3 Å². The lowest BCUT2D eigenvalue weighted by atomic mass is 9.87. The number of nitrogens with one attached hydrogen (secondary N) is 1. The van der Waals surface area contributed by atoms with Crippen LogP contribution in [0.4, 0.5) is 0 Å². The number of hydrogen-bond acceptors (Lipinski definition) is 5. The number of amides is 1. The van der Waals surface area contributed by atoms with E-state index in [1.54, 1.807) is 41.1 Å². The minimum Gasteiger partial charge on any atom is -0.480 e. The van der Waals surface area contributed by atoms with Crippen LogP contribution in [0.5, 0.6) is 5.75 Å². The van der Waals surface area contributed by atoms with Crippen LogP contribution in [0.2, 0.25) is 0 Å². The number of hydrogen-bond donors (Lipinski definition) is 2. The van der Waals surface area contributed by atoms with Crippen molar-refractivity contribution in [2.75, 3.05) is 6.54 Å². The molecular weight excluding hydrogens is 494 g/mol. The van der Waals surface area contributed by atoms with Crippen LogP contribution in [0, 0.1) is 6.92 Å². The first-order valence-corrected chi connectivity index (χ1v) is 12.4. The Morgan fingerprint density at radius 3 is 1.97 bits per heavy atom. The highest BCUT2D eigenvalue weighted by atomic mass is 16.5. The van der Waals surface area contributed by atoms with Crippen LogP contribution in [0.3, 0.4) is 0 Å². The second-order valence-electron chi connectivity index (χ2n) is 10.1. The number of aryl methyl sites for hydroxylation is 2. The van der Waals surface area contributed by atoms with Crippen LogP contribution in [0.1, 0.15) is 52.6 Å². The normalized spacial score (nSPS) is 10.7. The summed E-state index contributed by atoms with van der Waals surface area (Å²) in [4.78, 5) is 34.0. The summed E-state index contributed by atoms with van der Waals surface area (Å²) in [6, 6.07) is 23.7. The number of carboxylic acid groups (broad SMARTS) is 1. The molecule has 0 aliphatic heterocycles. The maximum Gasteiger partial charge on any atom is 0.343 e. The Hall–Kier alpha value is -4.72. The summed E-state index contributed by atoms with van der Waals surface area (Å²) >= 11 is 0. The smallest absolute Gasteiger partial charge is 0.343 e. The van der Waals surface area contributed by atoms with Crippen molar-refractivity contribution < 1.29 is 24.2 Å². The molecule has 0 radical (unpaired) electrons. The first-order chi connectivity index (χ1) is 18.4. The summed E-state index contributed by atoms with van der Waals surface area (Å²) < 4.78 is 7.09. The second kappa shape index (κ2) is 12.7. The van der Waals surface area contributed by atoms with E-state index >= 15 is 0 Å². The molecule has 2 N–H and O–H groups in total. The number of carboxylic acids is 1. The summed E-state index contributed by atoms with van der Waals surface area (Å²) in [7, 11) is 1.87. The maximum absolute atomic E-state index is 12.1. The van der Waals surface area contributed by atoms with Gasteiger partial charge in [-0.05, 0) is 60.4 Å². The molecule has 8 heteroatoms. The minimum atomic E-state index is -1.05. The van der Waals surface area contributed by atoms with E-state index in [4.69, 9.17) is 9.84 Å². The SMILES string of the molecule is CC(C)(C)c1ccc(C(=O)NCC(=O)O)cc1.Cc1ccc(OC(=O)c2ccc(-c3ccn(C)n3)cc2)cc1. The summed E-state index contributed by atoms with van der Waals surface area (Å²) in [6.07, 6.45) is 1.88. The summed E-state index contributed by atoms with van der Waals surface area (Å²) in [5.41, 5.74) is 5.12. The van der Waals surface area contributed by atoms with Gasteiger partial charge in [0.25, 0.3) is 5.91 Å². The van der Waals surface area contributed by atoms with Gasteiger partial charge < -0.3 is 15.2 Å². The van der Waals surface area contributed by atoms with Crippen LogP contribution < -0.4 is 10.1 Å². The van der Waals surface area contributed by atoms with Gasteiger partial charge in [-0.2, -0.15) is 5.10 Å². The van der Waals surface area contributed by atoms with Gasteiger partial charge in [-0.1, -0.05) is 62.7 Å². The number of nitrogens with zero attached hydrogens (tertiary/aromatic N) is 2. The molecule has 3 aromatic carbocycles. The molecule has 1 aromatic heterocycles. The number of aliphatic carboxylic acids is 1. The van der Waals surface area contributed by atoms with E-state index in [-0.39, 0.29) is 23.8 Å². The van der Waals surface area contributed by atoms with Gasteiger partial charge in [0.05, 0.1) is 11.3 Å².